The zero-order valence-corrected chi connectivity index (χ0v) is 13.8. The third kappa shape index (κ3) is 2.46. The highest BCUT2D eigenvalue weighted by atomic mass is 16.5. The summed E-state index contributed by atoms with van der Waals surface area (Å²) in [6, 6.07) is 0. The Labute approximate surface area is 160 Å². The van der Waals surface area contributed by atoms with Crippen molar-refractivity contribution in [1.29, 1.82) is 0 Å². The number of hydrogen-bond donors (Lipinski definition) is 8. The molecule has 0 aromatic carbocycles. The lowest BCUT2D eigenvalue weighted by Gasteiger charge is -2.41. The molecule has 0 bridgehead atoms. The summed E-state index contributed by atoms with van der Waals surface area (Å²) < 4.78 is -3.87. The summed E-state index contributed by atoms with van der Waals surface area (Å²) in [5.74, 6) is -17.4. The molecule has 8 N–H and O–H groups in total. The van der Waals surface area contributed by atoms with E-state index in [0.29, 0.717) is 0 Å². The lowest BCUT2D eigenvalue weighted by Crippen LogP contribution is -2.79. The third-order valence-corrected chi connectivity index (χ3v) is 3.97. The van der Waals surface area contributed by atoms with Crippen LogP contribution in [0.4, 0.5) is 9.59 Å². The third-order valence-electron chi connectivity index (χ3n) is 3.97. The molecule has 0 radical (unpaired) electrons. The van der Waals surface area contributed by atoms with Crippen LogP contribution in [0, 0.1) is 0 Å². The molecular formula is C13H8NO16+. The Hall–Kier alpha value is -4.80. The van der Waals surface area contributed by atoms with E-state index in [4.69, 9.17) is 0 Å². The van der Waals surface area contributed by atoms with Gasteiger partial charge in [-0.25, -0.2) is 28.8 Å². The first kappa shape index (κ1) is 23.2. The Morgan fingerprint density at radius 3 is 1.10 bits per heavy atom. The molecule has 160 valence electrons. The number of amides is 2. The zero-order chi connectivity index (χ0) is 23.9. The monoisotopic (exact) mass is 434 g/mol. The summed E-state index contributed by atoms with van der Waals surface area (Å²) in [4.78, 5) is 93.9. The van der Waals surface area contributed by atoms with Crippen molar-refractivity contribution in [1.82, 2.24) is 0 Å². The minimum absolute atomic E-state index is 2.26. The van der Waals surface area contributed by atoms with Crippen molar-refractivity contribution in [2.24, 2.45) is 0 Å². The van der Waals surface area contributed by atoms with E-state index >= 15 is 0 Å². The molecule has 2 amide bonds. The van der Waals surface area contributed by atoms with E-state index < -0.39 is 80.4 Å². The van der Waals surface area contributed by atoms with Gasteiger partial charge in [-0.3, -0.25) is 0 Å². The van der Waals surface area contributed by atoms with Crippen LogP contribution < -0.4 is 0 Å². The molecule has 17 heteroatoms. The van der Waals surface area contributed by atoms with Crippen molar-refractivity contribution < 1.29 is 83.7 Å². The van der Waals surface area contributed by atoms with Crippen LogP contribution in [0.1, 0.15) is 0 Å². The van der Waals surface area contributed by atoms with E-state index in [1.165, 1.54) is 0 Å². The Balaban J connectivity index is 4.91. The zero-order valence-electron chi connectivity index (χ0n) is 13.8. The van der Waals surface area contributed by atoms with Gasteiger partial charge in [0.25, 0.3) is 5.70 Å². The minimum atomic E-state index is -4.89. The highest BCUT2D eigenvalue weighted by molar-refractivity contribution is 6.24. The first-order valence-corrected chi connectivity index (χ1v) is 6.82. The fourth-order valence-electron chi connectivity index (χ4n) is 3.01. The fraction of sp³-hybridized carbons (Fsp3) is 0.0769. The van der Waals surface area contributed by atoms with Gasteiger partial charge in [0.05, 0.1) is 5.57 Å². The van der Waals surface area contributed by atoms with Crippen LogP contribution in [0.15, 0.2) is 22.4 Å². The van der Waals surface area contributed by atoms with Gasteiger partial charge in [-0.2, -0.15) is 9.59 Å². The Bertz CT molecular complexity index is 916. The molecule has 30 heavy (non-hydrogen) atoms. The Kier molecular flexibility index (Phi) is 5.41. The number of quaternary nitrogens is 1. The van der Waals surface area contributed by atoms with Gasteiger partial charge in [-0.1, -0.05) is 4.48 Å². The molecule has 0 unspecified atom stereocenters. The van der Waals surface area contributed by atoms with Gasteiger partial charge in [0.2, 0.25) is 0 Å². The van der Waals surface area contributed by atoms with E-state index in [9.17, 15) is 79.2 Å². The highest BCUT2D eigenvalue weighted by Gasteiger charge is 2.83. The van der Waals surface area contributed by atoms with Gasteiger partial charge in [-0.05, 0) is 0 Å². The minimum Gasteiger partial charge on any atom is -0.478 e. The summed E-state index contributed by atoms with van der Waals surface area (Å²) >= 11 is 0. The van der Waals surface area contributed by atoms with E-state index in [2.05, 4.69) is 0 Å². The molecule has 1 aliphatic heterocycles. The Morgan fingerprint density at radius 2 is 0.900 bits per heavy atom. The van der Waals surface area contributed by atoms with E-state index in [1.54, 1.807) is 0 Å². The quantitative estimate of drug-likeness (QED) is 0.165. The summed E-state index contributed by atoms with van der Waals surface area (Å²) in [6.07, 6.45) is -6.32. The average Bonchev–Trinajstić information content (AvgIpc) is 2.56. The van der Waals surface area contributed by atoms with E-state index in [1.807, 2.05) is 0 Å². The van der Waals surface area contributed by atoms with Gasteiger partial charge in [0.15, 0.2) is 0 Å². The number of hydrogen-bond acceptors (Lipinski definition) is 8. The number of imide groups is 1. The van der Waals surface area contributed by atoms with Crippen LogP contribution in [-0.2, 0) is 28.8 Å². The molecular weight excluding hydrogens is 426 g/mol. The van der Waals surface area contributed by atoms with Crippen LogP contribution in [0.5, 0.6) is 0 Å². The molecule has 0 aliphatic carbocycles. The SMILES string of the molecule is O=C(O)C1=C(C(=O)O)C(C(=O)O)(C(=O)O)[N+](C(=O)O)(C(=O)O)C(C(=O)O)=C1C(=O)O. The lowest BCUT2D eigenvalue weighted by atomic mass is 9.75. The first-order chi connectivity index (χ1) is 13.6. The number of carboxylic acids is 6. The molecule has 1 rings (SSSR count). The maximum Gasteiger partial charge on any atom is 0.531 e. The molecule has 1 heterocycles. The van der Waals surface area contributed by atoms with Crippen LogP contribution in [-0.4, -0.2) is 98.9 Å². The standard InChI is InChI=1S/C13H7NO16/c15-5(16)1-2(6(17)18)4(8(21)22)14(11(27)28,12(29)30)13(9(23)24,10(25)26)3(1)7(19)20/h(H7-,15,16,17,18,19,20,21,22,23,24,25,26,27,28,29,30)/p+1. The largest absolute Gasteiger partial charge is 0.531 e. The second-order valence-corrected chi connectivity index (χ2v) is 5.25. The van der Waals surface area contributed by atoms with Gasteiger partial charge >= 0.3 is 53.5 Å². The topological polar surface area (TPSA) is 298 Å². The van der Waals surface area contributed by atoms with Crippen LogP contribution in [0.3, 0.4) is 0 Å². The van der Waals surface area contributed by atoms with Gasteiger partial charge in [-0.15, -0.1) is 0 Å². The number of rotatable bonds is 6. The summed E-state index contributed by atoms with van der Waals surface area (Å²) in [5, 5.41) is 74.9. The molecule has 17 nitrogen and oxygen atoms in total. The maximum absolute atomic E-state index is 11.9. The van der Waals surface area contributed by atoms with Crippen molar-refractivity contribution in [2.45, 2.75) is 5.54 Å². The van der Waals surface area contributed by atoms with Crippen LogP contribution in [0.2, 0.25) is 0 Å². The summed E-state index contributed by atoms with van der Waals surface area (Å²) in [7, 11) is 0. The molecule has 0 aromatic heterocycles. The fourth-order valence-corrected chi connectivity index (χ4v) is 3.01. The normalized spacial score (nSPS) is 17.1. The second kappa shape index (κ2) is 6.98. The number of carboxylic acid groups (broad SMARTS) is 8. The molecule has 0 spiro atoms. The average molecular weight is 434 g/mol. The van der Waals surface area contributed by atoms with Crippen molar-refractivity contribution in [2.75, 3.05) is 0 Å². The highest BCUT2D eigenvalue weighted by Crippen LogP contribution is 2.47. The van der Waals surface area contributed by atoms with E-state index in [-0.39, 0.29) is 0 Å². The maximum atomic E-state index is 11.9. The molecule has 0 fully saturated rings. The van der Waals surface area contributed by atoms with Gasteiger partial charge < -0.3 is 40.9 Å². The van der Waals surface area contributed by atoms with E-state index in [0.717, 1.165) is 0 Å². The predicted octanol–water partition coefficient (Wildman–Crippen LogP) is -2.03. The second-order valence-electron chi connectivity index (χ2n) is 5.25. The Morgan fingerprint density at radius 1 is 0.533 bits per heavy atom. The summed E-state index contributed by atoms with van der Waals surface area (Å²) in [5.41, 5.74) is -14.5. The van der Waals surface area contributed by atoms with Crippen molar-refractivity contribution >= 4 is 48.0 Å². The van der Waals surface area contributed by atoms with Crippen LogP contribution in [0.25, 0.3) is 0 Å². The van der Waals surface area contributed by atoms with Crippen LogP contribution >= 0.6 is 0 Å². The lowest BCUT2D eigenvalue weighted by molar-refractivity contribution is -0.774. The van der Waals surface area contributed by atoms with Gasteiger partial charge in [0, 0.05) is 0 Å². The smallest absolute Gasteiger partial charge is 0.478 e. The molecule has 0 aromatic rings. The van der Waals surface area contributed by atoms with Gasteiger partial charge in [0.1, 0.15) is 11.1 Å². The molecule has 0 saturated heterocycles. The van der Waals surface area contributed by atoms with Crippen molar-refractivity contribution in [3.63, 3.8) is 0 Å². The van der Waals surface area contributed by atoms with Crippen molar-refractivity contribution in [3.8, 4) is 0 Å². The van der Waals surface area contributed by atoms with Crippen molar-refractivity contribution in [3.05, 3.63) is 22.4 Å². The molecule has 0 atom stereocenters. The number of carbonyl (C=O) groups is 8. The molecule has 1 aliphatic rings. The number of nitrogens with zero attached hydrogens (tertiary/aromatic N) is 1. The molecule has 0 saturated carbocycles. The number of aliphatic carboxylic acids is 6. The first-order valence-electron chi connectivity index (χ1n) is 6.82. The predicted molar refractivity (Wildman–Crippen MR) is 78.9 cm³/mol. The summed E-state index contributed by atoms with van der Waals surface area (Å²) in [6.45, 7) is 0.